The fourth-order valence-electron chi connectivity index (χ4n) is 1.85. The van der Waals surface area contributed by atoms with Crippen LogP contribution in [-0.2, 0) is 14.3 Å². The first-order valence-electron chi connectivity index (χ1n) is 6.33. The second kappa shape index (κ2) is 7.08. The summed E-state index contributed by atoms with van der Waals surface area (Å²) >= 11 is 0. The maximum absolute atomic E-state index is 12.0. The van der Waals surface area contributed by atoms with Gasteiger partial charge in [0.2, 0.25) is 5.91 Å². The Labute approximate surface area is 112 Å². The van der Waals surface area contributed by atoms with E-state index < -0.39 is 12.1 Å². The molecule has 0 aliphatic carbocycles. The Morgan fingerprint density at radius 2 is 2.16 bits per heavy atom. The summed E-state index contributed by atoms with van der Waals surface area (Å²) in [6, 6.07) is -1.02. The van der Waals surface area contributed by atoms with Gasteiger partial charge in [-0.25, -0.2) is 4.79 Å². The van der Waals surface area contributed by atoms with E-state index >= 15 is 0 Å². The zero-order valence-corrected chi connectivity index (χ0v) is 11.6. The number of methoxy groups -OCH3 is 1. The van der Waals surface area contributed by atoms with Crippen LogP contribution in [0.1, 0.15) is 20.3 Å². The van der Waals surface area contributed by atoms with E-state index in [1.165, 1.54) is 7.11 Å². The number of hydrogen-bond donors (Lipinski definition) is 2. The summed E-state index contributed by atoms with van der Waals surface area (Å²) in [5, 5.41) is 5.16. The normalized spacial score (nSPS) is 18.9. The molecule has 2 N–H and O–H groups in total. The summed E-state index contributed by atoms with van der Waals surface area (Å²) in [6.45, 7) is 4.44. The van der Waals surface area contributed by atoms with E-state index in [1.807, 2.05) is 13.8 Å². The second-order valence-corrected chi connectivity index (χ2v) is 4.90. The zero-order valence-electron chi connectivity index (χ0n) is 11.6. The number of carbonyl (C=O) groups is 3. The van der Waals surface area contributed by atoms with Gasteiger partial charge in [-0.1, -0.05) is 13.8 Å². The number of amides is 4. The van der Waals surface area contributed by atoms with Crippen molar-refractivity contribution in [1.82, 2.24) is 15.5 Å². The quantitative estimate of drug-likeness (QED) is 0.492. The number of hydrogen-bond acceptors (Lipinski definition) is 4. The second-order valence-electron chi connectivity index (χ2n) is 4.90. The molecule has 0 saturated carbocycles. The van der Waals surface area contributed by atoms with Gasteiger partial charge in [-0.2, -0.15) is 0 Å². The minimum atomic E-state index is -0.515. The molecule has 0 unspecified atom stereocenters. The third kappa shape index (κ3) is 4.51. The Balaban J connectivity index is 2.47. The van der Waals surface area contributed by atoms with E-state index in [-0.39, 0.29) is 18.4 Å². The Hall–Kier alpha value is -1.63. The molecule has 7 heteroatoms. The minimum absolute atomic E-state index is 0.247. The third-order valence-electron chi connectivity index (χ3n) is 2.74. The van der Waals surface area contributed by atoms with E-state index in [4.69, 9.17) is 4.74 Å². The molecule has 108 valence electrons. The lowest BCUT2D eigenvalue weighted by Gasteiger charge is -2.13. The molecule has 19 heavy (non-hydrogen) atoms. The van der Waals surface area contributed by atoms with Gasteiger partial charge in [0.1, 0.15) is 12.6 Å². The molecule has 0 spiro atoms. The molecule has 1 fully saturated rings. The van der Waals surface area contributed by atoms with Gasteiger partial charge in [0, 0.05) is 13.7 Å². The van der Waals surface area contributed by atoms with Crippen LogP contribution in [0.2, 0.25) is 0 Å². The van der Waals surface area contributed by atoms with Crippen LogP contribution in [0.3, 0.4) is 0 Å². The summed E-state index contributed by atoms with van der Waals surface area (Å²) in [6.07, 6.45) is 0.576. The Morgan fingerprint density at radius 1 is 1.47 bits per heavy atom. The number of nitrogens with zero attached hydrogens (tertiary/aromatic N) is 1. The minimum Gasteiger partial charge on any atom is -0.383 e. The molecule has 1 rings (SSSR count). The van der Waals surface area contributed by atoms with E-state index in [2.05, 4.69) is 10.6 Å². The first-order valence-corrected chi connectivity index (χ1v) is 6.33. The van der Waals surface area contributed by atoms with Crippen molar-refractivity contribution < 1.29 is 19.1 Å². The van der Waals surface area contributed by atoms with Gasteiger partial charge in [-0.15, -0.1) is 0 Å². The van der Waals surface area contributed by atoms with Gasteiger partial charge in [0.25, 0.3) is 5.91 Å². The molecule has 1 atom stereocenters. The highest BCUT2D eigenvalue weighted by Gasteiger charge is 2.38. The highest BCUT2D eigenvalue weighted by atomic mass is 16.5. The average Bonchev–Trinajstić information content (AvgIpc) is 2.56. The van der Waals surface area contributed by atoms with Crippen LogP contribution in [0.15, 0.2) is 0 Å². The van der Waals surface area contributed by atoms with Crippen LogP contribution in [0.4, 0.5) is 4.79 Å². The number of carbonyl (C=O) groups excluding carboxylic acids is 3. The largest absolute Gasteiger partial charge is 0.383 e. The predicted molar refractivity (Wildman–Crippen MR) is 68.4 cm³/mol. The van der Waals surface area contributed by atoms with Crippen molar-refractivity contribution >= 4 is 17.8 Å². The van der Waals surface area contributed by atoms with Gasteiger partial charge in [-0.3, -0.25) is 14.5 Å². The van der Waals surface area contributed by atoms with Crippen molar-refractivity contribution in [2.75, 3.05) is 26.8 Å². The van der Waals surface area contributed by atoms with Gasteiger partial charge < -0.3 is 15.4 Å². The molecule has 4 amide bonds. The third-order valence-corrected chi connectivity index (χ3v) is 2.74. The van der Waals surface area contributed by atoms with Gasteiger partial charge >= 0.3 is 6.03 Å². The molecule has 0 aromatic rings. The van der Waals surface area contributed by atoms with Gasteiger partial charge in [0.15, 0.2) is 0 Å². The fourth-order valence-corrected chi connectivity index (χ4v) is 1.85. The molecule has 0 radical (unpaired) electrons. The molecule has 0 aromatic heterocycles. The molecular formula is C12H21N3O4. The van der Waals surface area contributed by atoms with E-state index in [9.17, 15) is 14.4 Å². The topological polar surface area (TPSA) is 87.7 Å². The molecule has 1 aliphatic rings. The Morgan fingerprint density at radius 3 is 2.74 bits per heavy atom. The summed E-state index contributed by atoms with van der Waals surface area (Å²) in [5.74, 6) is -0.406. The summed E-state index contributed by atoms with van der Waals surface area (Å²) in [4.78, 5) is 36.1. The highest BCUT2D eigenvalue weighted by molar-refractivity contribution is 6.06. The van der Waals surface area contributed by atoms with Crippen molar-refractivity contribution in [3.8, 4) is 0 Å². The number of rotatable bonds is 7. The molecule has 7 nitrogen and oxygen atoms in total. The van der Waals surface area contributed by atoms with Crippen LogP contribution in [0.5, 0.6) is 0 Å². The summed E-state index contributed by atoms with van der Waals surface area (Å²) in [5.41, 5.74) is 0. The Kier molecular flexibility index (Phi) is 5.75. The number of urea groups is 1. The SMILES string of the molecule is COCCNC(=O)CN1C(=O)N[C@@H](CC(C)C)C1=O. The number of imide groups is 1. The molecule has 1 aliphatic heterocycles. The van der Waals surface area contributed by atoms with E-state index in [0.29, 0.717) is 25.5 Å². The molecule has 1 saturated heterocycles. The van der Waals surface area contributed by atoms with Crippen LogP contribution < -0.4 is 10.6 Å². The zero-order chi connectivity index (χ0) is 14.4. The molecular weight excluding hydrogens is 250 g/mol. The average molecular weight is 271 g/mol. The fraction of sp³-hybridized carbons (Fsp3) is 0.750. The van der Waals surface area contributed by atoms with Crippen LogP contribution in [-0.4, -0.2) is 55.6 Å². The lowest BCUT2D eigenvalue weighted by atomic mass is 10.0. The molecule has 0 aromatic carbocycles. The van der Waals surface area contributed by atoms with Crippen LogP contribution in [0.25, 0.3) is 0 Å². The van der Waals surface area contributed by atoms with E-state index in [0.717, 1.165) is 4.90 Å². The Bertz CT molecular complexity index is 357. The number of nitrogens with one attached hydrogen (secondary N) is 2. The van der Waals surface area contributed by atoms with Crippen LogP contribution in [0, 0.1) is 5.92 Å². The maximum Gasteiger partial charge on any atom is 0.325 e. The standard InChI is InChI=1S/C12H21N3O4/c1-8(2)6-9-11(17)15(12(18)14-9)7-10(16)13-4-5-19-3/h8-9H,4-7H2,1-3H3,(H,13,16)(H,14,18)/t9-/m0/s1. The van der Waals surface area contributed by atoms with Crippen molar-refractivity contribution in [2.24, 2.45) is 5.92 Å². The van der Waals surface area contributed by atoms with E-state index in [1.54, 1.807) is 0 Å². The van der Waals surface area contributed by atoms with Crippen molar-refractivity contribution in [3.63, 3.8) is 0 Å². The first kappa shape index (κ1) is 15.4. The maximum atomic E-state index is 12.0. The monoisotopic (exact) mass is 271 g/mol. The number of ether oxygens (including phenoxy) is 1. The first-order chi connectivity index (χ1) is 8.95. The smallest absolute Gasteiger partial charge is 0.325 e. The van der Waals surface area contributed by atoms with Crippen molar-refractivity contribution in [1.29, 1.82) is 0 Å². The van der Waals surface area contributed by atoms with Gasteiger partial charge in [0.05, 0.1) is 6.61 Å². The van der Waals surface area contributed by atoms with Crippen LogP contribution >= 0.6 is 0 Å². The summed E-state index contributed by atoms with van der Waals surface area (Å²) < 4.78 is 4.79. The lowest BCUT2D eigenvalue weighted by molar-refractivity contribution is -0.132. The van der Waals surface area contributed by atoms with Crippen molar-refractivity contribution in [3.05, 3.63) is 0 Å². The molecule has 1 heterocycles. The highest BCUT2D eigenvalue weighted by Crippen LogP contribution is 2.13. The predicted octanol–water partition coefficient (Wildman–Crippen LogP) is -0.284. The summed E-state index contributed by atoms with van der Waals surface area (Å²) in [7, 11) is 1.53. The van der Waals surface area contributed by atoms with Gasteiger partial charge in [-0.05, 0) is 12.3 Å². The van der Waals surface area contributed by atoms with Crippen molar-refractivity contribution in [2.45, 2.75) is 26.3 Å². The molecule has 0 bridgehead atoms. The lowest BCUT2D eigenvalue weighted by Crippen LogP contribution is -2.42.